The van der Waals surface area contributed by atoms with Crippen LogP contribution >= 0.6 is 0 Å². The van der Waals surface area contributed by atoms with Crippen LogP contribution in [0.1, 0.15) is 35.6 Å². The second-order valence-corrected chi connectivity index (χ2v) is 10.2. The molecule has 4 aromatic rings. The van der Waals surface area contributed by atoms with Crippen LogP contribution in [0.15, 0.2) is 95.9 Å². The van der Waals surface area contributed by atoms with Crippen LogP contribution in [0.25, 0.3) is 0 Å². The highest BCUT2D eigenvalue weighted by atomic mass is 16.5. The topological polar surface area (TPSA) is 164 Å². The third-order valence-corrected chi connectivity index (χ3v) is 6.74. The number of anilines is 2. The Morgan fingerprint density at radius 2 is 1.53 bits per heavy atom. The van der Waals surface area contributed by atoms with E-state index in [0.29, 0.717) is 31.0 Å². The van der Waals surface area contributed by atoms with Crippen LogP contribution in [0, 0.1) is 0 Å². The molecule has 1 atom stereocenters. The molecule has 45 heavy (non-hydrogen) atoms. The molecule has 234 valence electrons. The molecular weight excluding hydrogens is 576 g/mol. The van der Waals surface area contributed by atoms with E-state index in [9.17, 15) is 24.3 Å². The fourth-order valence-corrected chi connectivity index (χ4v) is 4.41. The zero-order valence-corrected chi connectivity index (χ0v) is 24.9. The lowest BCUT2D eigenvalue weighted by Crippen LogP contribution is -2.45. The van der Waals surface area contributed by atoms with Gasteiger partial charge in [0.15, 0.2) is 0 Å². The zero-order chi connectivity index (χ0) is 32.0. The van der Waals surface area contributed by atoms with Gasteiger partial charge in [0.2, 0.25) is 0 Å². The van der Waals surface area contributed by atoms with E-state index >= 15 is 0 Å². The van der Waals surface area contributed by atoms with E-state index in [1.54, 1.807) is 42.6 Å². The van der Waals surface area contributed by atoms with E-state index in [0.717, 1.165) is 28.7 Å². The Hall–Kier alpha value is -5.65. The van der Waals surface area contributed by atoms with Gasteiger partial charge in [0.1, 0.15) is 18.5 Å². The smallest absolute Gasteiger partial charge is 0.408 e. The van der Waals surface area contributed by atoms with E-state index in [1.807, 2.05) is 55.5 Å². The fourth-order valence-electron chi connectivity index (χ4n) is 4.41. The van der Waals surface area contributed by atoms with E-state index < -0.39 is 23.8 Å². The number of aliphatic carboxylic acids is 1. The molecule has 3 amide bonds. The van der Waals surface area contributed by atoms with Crippen LogP contribution in [0.2, 0.25) is 0 Å². The summed E-state index contributed by atoms with van der Waals surface area (Å²) in [4.78, 5) is 53.5. The number of aromatic nitrogens is 2. The number of hydrogen-bond acceptors (Lipinski definition) is 7. The number of carboxylic acids is 1. The quantitative estimate of drug-likeness (QED) is 0.139. The van der Waals surface area contributed by atoms with Crippen molar-refractivity contribution in [3.8, 4) is 0 Å². The van der Waals surface area contributed by atoms with E-state index in [4.69, 9.17) is 4.74 Å². The predicted octanol–water partition coefficient (Wildman–Crippen LogP) is 4.51. The number of benzene rings is 3. The lowest BCUT2D eigenvalue weighted by Gasteiger charge is -2.18. The highest BCUT2D eigenvalue weighted by Crippen LogP contribution is 2.16. The lowest BCUT2D eigenvalue weighted by molar-refractivity contribution is -0.139. The summed E-state index contributed by atoms with van der Waals surface area (Å²) in [6.07, 6.45) is 2.00. The number of carboxylic acid groups (broad SMARTS) is 1. The van der Waals surface area contributed by atoms with Crippen LogP contribution < -0.4 is 27.0 Å². The van der Waals surface area contributed by atoms with Gasteiger partial charge in [-0.1, -0.05) is 86.1 Å². The van der Waals surface area contributed by atoms with Gasteiger partial charge in [-0.2, -0.15) is 4.98 Å². The number of rotatable bonds is 14. The SMILES string of the molecule is CCCc1cn(C[C@H](NC(=O)OCc2ccccc2)C(=O)O)c(=O)nc1NCc1ccc(NC(=O)NCc2ccccc2)cc1. The van der Waals surface area contributed by atoms with Crippen molar-refractivity contribution in [1.82, 2.24) is 20.2 Å². The van der Waals surface area contributed by atoms with Gasteiger partial charge in [0, 0.05) is 30.5 Å². The first-order chi connectivity index (χ1) is 21.8. The van der Waals surface area contributed by atoms with Crippen molar-refractivity contribution < 1.29 is 24.2 Å². The van der Waals surface area contributed by atoms with Gasteiger partial charge in [-0.25, -0.2) is 19.2 Å². The number of ether oxygens (including phenoxy) is 1. The number of nitrogens with zero attached hydrogens (tertiary/aromatic N) is 2. The van der Waals surface area contributed by atoms with Crippen LogP contribution in [-0.4, -0.2) is 38.8 Å². The molecule has 0 saturated heterocycles. The Morgan fingerprint density at radius 1 is 0.889 bits per heavy atom. The van der Waals surface area contributed by atoms with Gasteiger partial charge in [0.05, 0.1) is 6.54 Å². The first-order valence-electron chi connectivity index (χ1n) is 14.5. The summed E-state index contributed by atoms with van der Waals surface area (Å²) in [5, 5.41) is 20.8. The number of carbonyl (C=O) groups is 3. The summed E-state index contributed by atoms with van der Waals surface area (Å²) in [7, 11) is 0. The van der Waals surface area contributed by atoms with Gasteiger partial charge in [-0.3, -0.25) is 4.57 Å². The summed E-state index contributed by atoms with van der Waals surface area (Å²) in [5.41, 5.74) is 3.33. The fraction of sp³-hybridized carbons (Fsp3) is 0.242. The Labute approximate surface area is 260 Å². The third-order valence-electron chi connectivity index (χ3n) is 6.74. The van der Waals surface area contributed by atoms with Gasteiger partial charge in [-0.15, -0.1) is 0 Å². The van der Waals surface area contributed by atoms with Crippen molar-refractivity contribution in [3.05, 3.63) is 124 Å². The molecule has 12 heteroatoms. The summed E-state index contributed by atoms with van der Waals surface area (Å²) in [5.74, 6) is -0.924. The molecule has 0 fully saturated rings. The number of urea groups is 1. The van der Waals surface area contributed by atoms with E-state index in [2.05, 4.69) is 26.3 Å². The maximum Gasteiger partial charge on any atom is 0.408 e. The second kappa shape index (κ2) is 16.3. The Kier molecular flexibility index (Phi) is 11.7. The minimum atomic E-state index is -1.41. The molecule has 0 unspecified atom stereocenters. The summed E-state index contributed by atoms with van der Waals surface area (Å²) >= 11 is 0. The molecular formula is C33H36N6O6. The van der Waals surface area contributed by atoms with Crippen molar-refractivity contribution in [2.45, 2.75) is 52.0 Å². The zero-order valence-electron chi connectivity index (χ0n) is 24.9. The average molecular weight is 613 g/mol. The molecule has 1 aromatic heterocycles. The summed E-state index contributed by atoms with van der Waals surface area (Å²) < 4.78 is 6.31. The molecule has 4 rings (SSSR count). The predicted molar refractivity (Wildman–Crippen MR) is 170 cm³/mol. The van der Waals surface area contributed by atoms with Crippen molar-refractivity contribution in [2.75, 3.05) is 10.6 Å². The normalized spacial score (nSPS) is 11.2. The number of hydrogen-bond donors (Lipinski definition) is 5. The van der Waals surface area contributed by atoms with Crippen LogP contribution in [0.5, 0.6) is 0 Å². The molecule has 0 bridgehead atoms. The molecule has 0 spiro atoms. The van der Waals surface area contributed by atoms with Gasteiger partial charge in [-0.05, 0) is 35.2 Å². The first kappa shape index (κ1) is 32.3. The average Bonchev–Trinajstić information content (AvgIpc) is 3.05. The molecule has 0 aliphatic heterocycles. The van der Waals surface area contributed by atoms with Crippen molar-refractivity contribution >= 4 is 29.6 Å². The first-order valence-corrected chi connectivity index (χ1v) is 14.5. The van der Waals surface area contributed by atoms with Crippen LogP contribution in [0.3, 0.4) is 0 Å². The van der Waals surface area contributed by atoms with Crippen molar-refractivity contribution in [2.24, 2.45) is 0 Å². The summed E-state index contributed by atoms with van der Waals surface area (Å²) in [6, 6.07) is 24.1. The minimum absolute atomic E-state index is 0.0230. The maximum atomic E-state index is 12.9. The van der Waals surface area contributed by atoms with Gasteiger partial charge in [0.25, 0.3) is 0 Å². The number of nitrogens with one attached hydrogen (secondary N) is 4. The molecule has 0 radical (unpaired) electrons. The highest BCUT2D eigenvalue weighted by Gasteiger charge is 2.23. The largest absolute Gasteiger partial charge is 0.480 e. The Balaban J connectivity index is 1.33. The lowest BCUT2D eigenvalue weighted by atomic mass is 10.1. The molecule has 0 aliphatic carbocycles. The Bertz CT molecular complexity index is 1630. The second-order valence-electron chi connectivity index (χ2n) is 10.2. The third kappa shape index (κ3) is 10.2. The van der Waals surface area contributed by atoms with Crippen LogP contribution in [0.4, 0.5) is 21.1 Å². The minimum Gasteiger partial charge on any atom is -0.480 e. The van der Waals surface area contributed by atoms with Gasteiger partial charge >= 0.3 is 23.8 Å². The van der Waals surface area contributed by atoms with Crippen molar-refractivity contribution in [3.63, 3.8) is 0 Å². The molecule has 0 aliphatic rings. The van der Waals surface area contributed by atoms with Gasteiger partial charge < -0.3 is 31.1 Å². The molecule has 0 saturated carbocycles. The molecule has 5 N–H and O–H groups in total. The molecule has 3 aromatic carbocycles. The number of carbonyl (C=O) groups excluding carboxylic acids is 2. The van der Waals surface area contributed by atoms with Crippen molar-refractivity contribution in [1.29, 1.82) is 0 Å². The number of alkyl carbamates (subject to hydrolysis) is 1. The monoisotopic (exact) mass is 612 g/mol. The molecule has 1 heterocycles. The number of aryl methyl sites for hydroxylation is 1. The summed E-state index contributed by atoms with van der Waals surface area (Å²) in [6.45, 7) is 2.40. The number of amides is 3. The standard InChI is InChI=1S/C33H36N6O6/c1-2-9-26-20-39(21-28(30(40)41)37-33(44)45-22-25-12-7-4-8-13-25)32(43)38-29(26)34-18-24-14-16-27(17-15-24)36-31(42)35-19-23-10-5-3-6-11-23/h3-8,10-17,20,28H,2,9,18-19,21-22H2,1H3,(H,37,44)(H,40,41)(H,34,38,43)(H2,35,36,42)/t28-/m0/s1. The van der Waals surface area contributed by atoms with Crippen LogP contribution in [-0.2, 0) is 42.2 Å². The Morgan fingerprint density at radius 3 is 2.18 bits per heavy atom. The maximum absolute atomic E-state index is 12.9. The van der Waals surface area contributed by atoms with E-state index in [-0.39, 0.29) is 19.2 Å². The molecule has 12 nitrogen and oxygen atoms in total. The van der Waals surface area contributed by atoms with E-state index in [1.165, 1.54) is 4.57 Å². The highest BCUT2D eigenvalue weighted by molar-refractivity contribution is 5.89.